The first-order valence-corrected chi connectivity index (χ1v) is 21.6. The van der Waals surface area contributed by atoms with Crippen LogP contribution in [-0.2, 0) is 33.6 Å². The van der Waals surface area contributed by atoms with Crippen LogP contribution < -0.4 is 21.3 Å². The molecule has 4 N–H and O–H groups in total. The number of hydrogen-bond donors (Lipinski definition) is 4. The van der Waals surface area contributed by atoms with Gasteiger partial charge in [0.15, 0.2) is 5.78 Å². The van der Waals surface area contributed by atoms with Crippen molar-refractivity contribution in [2.24, 2.45) is 0 Å². The van der Waals surface area contributed by atoms with Crippen molar-refractivity contribution in [3.63, 3.8) is 0 Å². The monoisotopic (exact) mass is 763 g/mol. The number of hydrogen-bond acceptors (Lipinski definition) is 7. The molecule has 54 heavy (non-hydrogen) atoms. The molecular weight excluding hydrogens is 684 g/mol. The molecule has 0 saturated carbocycles. The number of rotatable bonds is 37. The van der Waals surface area contributed by atoms with Crippen molar-refractivity contribution in [2.45, 2.75) is 226 Å². The van der Waals surface area contributed by atoms with Crippen LogP contribution in [0.15, 0.2) is 0 Å². The Morgan fingerprint density at radius 1 is 0.389 bits per heavy atom. The molecule has 0 aromatic heterocycles. The van der Waals surface area contributed by atoms with Crippen molar-refractivity contribution < 1.29 is 33.6 Å². The zero-order valence-corrected chi connectivity index (χ0v) is 34.9. The van der Waals surface area contributed by atoms with Crippen LogP contribution in [0.5, 0.6) is 0 Å². The highest BCUT2D eigenvalue weighted by atomic mass is 16.2. The molecule has 0 rings (SSSR count). The SMILES string of the molecule is CCCCCCCCCCCC(=O)NC(CCC(C)=O)C(=O)NCCCCC(NC(=O)C(CCC(C)=O)NC(=O)CCCCCCCCCCC)C(C)=O. The standard InChI is InChI=1S/C43H78N4O7/c1-6-8-10-12-14-16-18-20-22-27-40(51)45-38(31-29-34(3)48)42(53)44-33-25-24-26-37(36(5)50)47-43(54)39(32-30-35(4)49)46-41(52)28-23-21-19-17-15-13-11-9-7-2/h37-39H,6-33H2,1-5H3,(H,44,53)(H,45,51)(H,46,52)(H,47,54). The van der Waals surface area contributed by atoms with Crippen LogP contribution in [0.1, 0.15) is 208 Å². The lowest BCUT2D eigenvalue weighted by Crippen LogP contribution is -2.51. The van der Waals surface area contributed by atoms with Crippen LogP contribution in [0.3, 0.4) is 0 Å². The first-order valence-electron chi connectivity index (χ1n) is 21.6. The third-order valence-corrected chi connectivity index (χ3v) is 9.91. The maximum Gasteiger partial charge on any atom is 0.243 e. The number of nitrogens with one attached hydrogen (secondary N) is 4. The Morgan fingerprint density at radius 3 is 1.17 bits per heavy atom. The predicted octanol–water partition coefficient (Wildman–Crippen LogP) is 7.90. The molecule has 0 saturated heterocycles. The molecule has 0 aromatic rings. The van der Waals surface area contributed by atoms with Gasteiger partial charge < -0.3 is 30.9 Å². The molecule has 0 bridgehead atoms. The van der Waals surface area contributed by atoms with Crippen molar-refractivity contribution in [3.8, 4) is 0 Å². The molecule has 0 radical (unpaired) electrons. The van der Waals surface area contributed by atoms with Gasteiger partial charge in [0.05, 0.1) is 6.04 Å². The maximum absolute atomic E-state index is 13.2. The van der Waals surface area contributed by atoms with Crippen LogP contribution in [0.2, 0.25) is 0 Å². The predicted molar refractivity (Wildman–Crippen MR) is 217 cm³/mol. The van der Waals surface area contributed by atoms with Crippen LogP contribution in [-0.4, -0.2) is 65.6 Å². The fourth-order valence-electron chi connectivity index (χ4n) is 6.42. The van der Waals surface area contributed by atoms with Gasteiger partial charge in [0, 0.05) is 32.2 Å². The normalized spacial score (nSPS) is 12.7. The third kappa shape index (κ3) is 30.2. The zero-order valence-electron chi connectivity index (χ0n) is 34.9. The van der Waals surface area contributed by atoms with Crippen LogP contribution >= 0.6 is 0 Å². The quantitative estimate of drug-likeness (QED) is 0.0467. The van der Waals surface area contributed by atoms with Crippen molar-refractivity contribution in [1.82, 2.24) is 21.3 Å². The molecule has 3 atom stereocenters. The summed E-state index contributed by atoms with van der Waals surface area (Å²) in [6.07, 6.45) is 23.2. The summed E-state index contributed by atoms with van der Waals surface area (Å²) in [5.41, 5.74) is 0. The maximum atomic E-state index is 13.2. The summed E-state index contributed by atoms with van der Waals surface area (Å²) >= 11 is 0. The molecule has 312 valence electrons. The van der Waals surface area contributed by atoms with Crippen LogP contribution in [0, 0.1) is 0 Å². The molecule has 3 unspecified atom stereocenters. The van der Waals surface area contributed by atoms with E-state index in [1.165, 1.54) is 91.4 Å². The van der Waals surface area contributed by atoms with Crippen molar-refractivity contribution >= 4 is 41.0 Å². The molecule has 0 heterocycles. The lowest BCUT2D eigenvalue weighted by molar-refractivity contribution is -0.131. The van der Waals surface area contributed by atoms with E-state index in [1.807, 2.05) is 0 Å². The summed E-state index contributed by atoms with van der Waals surface area (Å²) in [4.78, 5) is 87.3. The average molecular weight is 763 g/mol. The molecule has 0 spiro atoms. The number of carbonyl (C=O) groups excluding carboxylic acids is 7. The highest BCUT2D eigenvalue weighted by molar-refractivity contribution is 5.92. The molecule has 0 aliphatic heterocycles. The van der Waals surface area contributed by atoms with Gasteiger partial charge in [-0.2, -0.15) is 0 Å². The number of ketones is 3. The van der Waals surface area contributed by atoms with E-state index in [9.17, 15) is 33.6 Å². The topological polar surface area (TPSA) is 168 Å². The average Bonchev–Trinajstić information content (AvgIpc) is 3.12. The third-order valence-electron chi connectivity index (χ3n) is 9.91. The summed E-state index contributed by atoms with van der Waals surface area (Å²) in [6, 6.07) is -2.49. The van der Waals surface area contributed by atoms with Gasteiger partial charge in [0.25, 0.3) is 0 Å². The van der Waals surface area contributed by atoms with Gasteiger partial charge in [0.2, 0.25) is 23.6 Å². The minimum absolute atomic E-state index is 0.0554. The van der Waals surface area contributed by atoms with E-state index >= 15 is 0 Å². The van der Waals surface area contributed by atoms with E-state index in [-0.39, 0.29) is 60.8 Å². The van der Waals surface area contributed by atoms with Crippen molar-refractivity contribution in [2.75, 3.05) is 6.54 Å². The van der Waals surface area contributed by atoms with Gasteiger partial charge in [-0.05, 0) is 65.7 Å². The molecule has 0 aromatic carbocycles. The Bertz CT molecular complexity index is 1080. The Kier molecular flexibility index (Phi) is 32.4. The highest BCUT2D eigenvalue weighted by Crippen LogP contribution is 2.13. The van der Waals surface area contributed by atoms with Crippen molar-refractivity contribution in [1.29, 1.82) is 0 Å². The lowest BCUT2D eigenvalue weighted by atomic mass is 10.0. The Labute approximate surface area is 327 Å². The van der Waals surface area contributed by atoms with E-state index in [2.05, 4.69) is 35.1 Å². The van der Waals surface area contributed by atoms with E-state index in [1.54, 1.807) is 0 Å². The Balaban J connectivity index is 4.77. The smallest absolute Gasteiger partial charge is 0.243 e. The molecule has 11 heteroatoms. The molecule has 0 aliphatic rings. The van der Waals surface area contributed by atoms with Gasteiger partial charge in [-0.25, -0.2) is 0 Å². The fraction of sp³-hybridized carbons (Fsp3) is 0.837. The zero-order chi connectivity index (χ0) is 40.4. The van der Waals surface area contributed by atoms with Gasteiger partial charge in [-0.3, -0.25) is 24.0 Å². The Hall–Kier alpha value is -3.11. The summed E-state index contributed by atoms with van der Waals surface area (Å²) in [6.45, 7) is 9.01. The molecular formula is C43H78N4O7. The second-order valence-electron chi connectivity index (χ2n) is 15.3. The second kappa shape index (κ2) is 34.4. The van der Waals surface area contributed by atoms with Crippen molar-refractivity contribution in [3.05, 3.63) is 0 Å². The molecule has 11 nitrogen and oxygen atoms in total. The van der Waals surface area contributed by atoms with Gasteiger partial charge in [0.1, 0.15) is 23.7 Å². The van der Waals surface area contributed by atoms with E-state index in [4.69, 9.17) is 0 Å². The second-order valence-corrected chi connectivity index (χ2v) is 15.3. The summed E-state index contributed by atoms with van der Waals surface area (Å²) in [7, 11) is 0. The first kappa shape index (κ1) is 50.9. The first-order chi connectivity index (χ1) is 25.9. The van der Waals surface area contributed by atoms with E-state index < -0.39 is 24.0 Å². The van der Waals surface area contributed by atoms with Crippen LogP contribution in [0.25, 0.3) is 0 Å². The summed E-state index contributed by atoms with van der Waals surface area (Å²) in [5.74, 6) is -1.64. The minimum atomic E-state index is -0.913. The summed E-state index contributed by atoms with van der Waals surface area (Å²) in [5, 5.41) is 11.2. The number of carbonyl (C=O) groups is 7. The molecule has 4 amide bonds. The minimum Gasteiger partial charge on any atom is -0.354 e. The van der Waals surface area contributed by atoms with E-state index in [0.717, 1.165) is 44.9 Å². The summed E-state index contributed by atoms with van der Waals surface area (Å²) < 4.78 is 0. The molecule has 0 fully saturated rings. The van der Waals surface area contributed by atoms with E-state index in [0.29, 0.717) is 38.6 Å². The van der Waals surface area contributed by atoms with Gasteiger partial charge >= 0.3 is 0 Å². The van der Waals surface area contributed by atoms with Gasteiger partial charge in [-0.15, -0.1) is 0 Å². The lowest BCUT2D eigenvalue weighted by Gasteiger charge is -2.22. The fourth-order valence-corrected chi connectivity index (χ4v) is 6.42. The van der Waals surface area contributed by atoms with Gasteiger partial charge in [-0.1, -0.05) is 117 Å². The van der Waals surface area contributed by atoms with Crippen LogP contribution in [0.4, 0.5) is 0 Å². The Morgan fingerprint density at radius 2 is 0.778 bits per heavy atom. The number of unbranched alkanes of at least 4 members (excludes halogenated alkanes) is 17. The number of amides is 4. The number of Topliss-reactive ketones (excluding diaryl/α,β-unsaturated/α-hetero) is 3. The highest BCUT2D eigenvalue weighted by Gasteiger charge is 2.26. The largest absolute Gasteiger partial charge is 0.354 e. The molecule has 0 aliphatic carbocycles.